The fraction of sp³-hybridized carbons (Fsp3) is 0.0455. The molecule has 144 valence electrons. The Kier molecular flexibility index (Phi) is 5.48. The van der Waals surface area contributed by atoms with Crippen molar-refractivity contribution < 1.29 is 9.53 Å². The van der Waals surface area contributed by atoms with Crippen LogP contribution in [0, 0.1) is 0 Å². The number of aromatic nitrogens is 3. The summed E-state index contributed by atoms with van der Waals surface area (Å²) < 4.78 is 5.80. The van der Waals surface area contributed by atoms with Crippen LogP contribution in [0.2, 0.25) is 0 Å². The number of aromatic amines is 1. The zero-order valence-electron chi connectivity index (χ0n) is 15.5. The molecule has 2 aromatic carbocycles. The lowest BCUT2D eigenvalue weighted by atomic mass is 10.2. The van der Waals surface area contributed by atoms with E-state index in [1.807, 2.05) is 72.8 Å². The average molecular weight is 385 g/mol. The molecule has 0 aliphatic rings. The Morgan fingerprint density at radius 1 is 0.897 bits per heavy atom. The summed E-state index contributed by atoms with van der Waals surface area (Å²) in [5.41, 5.74) is 3.41. The molecular weight excluding hydrogens is 366 g/mol. The average Bonchev–Trinajstić information content (AvgIpc) is 3.22. The molecule has 2 aromatic heterocycles. The molecule has 2 amide bonds. The van der Waals surface area contributed by atoms with Crippen molar-refractivity contribution in [3.63, 3.8) is 0 Å². The van der Waals surface area contributed by atoms with Gasteiger partial charge in [-0.1, -0.05) is 42.5 Å². The van der Waals surface area contributed by atoms with Crippen LogP contribution in [-0.4, -0.2) is 21.2 Å². The Bertz CT molecular complexity index is 1080. The molecule has 3 N–H and O–H groups in total. The van der Waals surface area contributed by atoms with E-state index in [1.165, 1.54) is 0 Å². The van der Waals surface area contributed by atoms with Crippen molar-refractivity contribution in [3.8, 4) is 17.1 Å². The Labute approximate surface area is 167 Å². The number of H-pyrrole nitrogens is 1. The molecule has 0 saturated carbocycles. The summed E-state index contributed by atoms with van der Waals surface area (Å²) in [7, 11) is 0. The van der Waals surface area contributed by atoms with E-state index < -0.39 is 0 Å². The smallest absolute Gasteiger partial charge is 0.323 e. The van der Waals surface area contributed by atoms with Gasteiger partial charge in [0.25, 0.3) is 0 Å². The Hall–Kier alpha value is -4.13. The van der Waals surface area contributed by atoms with Crippen LogP contribution in [0.4, 0.5) is 16.2 Å². The van der Waals surface area contributed by atoms with Crippen LogP contribution in [0.25, 0.3) is 11.4 Å². The number of urea groups is 1. The molecule has 0 saturated heterocycles. The number of para-hydroxylation sites is 2. The highest BCUT2D eigenvalue weighted by Crippen LogP contribution is 2.24. The van der Waals surface area contributed by atoms with Gasteiger partial charge in [0, 0.05) is 17.4 Å². The minimum atomic E-state index is -0.379. The minimum absolute atomic E-state index is 0.339. The van der Waals surface area contributed by atoms with E-state index in [1.54, 1.807) is 12.4 Å². The molecule has 0 unspecified atom stereocenters. The Balaban J connectivity index is 1.44. The second-order valence-corrected chi connectivity index (χ2v) is 6.21. The number of nitrogens with zero attached hydrogens (tertiary/aromatic N) is 2. The van der Waals surface area contributed by atoms with Crippen molar-refractivity contribution in [2.45, 2.75) is 6.61 Å². The molecule has 2 heterocycles. The van der Waals surface area contributed by atoms with Gasteiger partial charge in [-0.15, -0.1) is 0 Å². The maximum absolute atomic E-state index is 12.6. The van der Waals surface area contributed by atoms with Gasteiger partial charge < -0.3 is 15.4 Å². The Morgan fingerprint density at radius 3 is 2.48 bits per heavy atom. The number of carbonyl (C=O) groups excluding carboxylic acids is 1. The van der Waals surface area contributed by atoms with Crippen LogP contribution >= 0.6 is 0 Å². The summed E-state index contributed by atoms with van der Waals surface area (Å²) in [6.07, 6.45) is 3.23. The van der Waals surface area contributed by atoms with Gasteiger partial charge in [0.15, 0.2) is 0 Å². The lowest BCUT2D eigenvalue weighted by Gasteiger charge is -2.13. The third-order valence-electron chi connectivity index (χ3n) is 4.21. The second-order valence-electron chi connectivity index (χ2n) is 6.21. The van der Waals surface area contributed by atoms with E-state index in [-0.39, 0.29) is 6.03 Å². The lowest BCUT2D eigenvalue weighted by Crippen LogP contribution is -2.20. The van der Waals surface area contributed by atoms with E-state index in [0.717, 1.165) is 11.3 Å². The molecule has 7 nitrogen and oxygen atoms in total. The summed E-state index contributed by atoms with van der Waals surface area (Å²) in [6, 6.07) is 22.2. The number of rotatable bonds is 6. The fourth-order valence-electron chi connectivity index (χ4n) is 2.81. The number of pyridine rings is 1. The van der Waals surface area contributed by atoms with Gasteiger partial charge in [-0.2, -0.15) is 5.10 Å². The molecule has 0 bridgehead atoms. The van der Waals surface area contributed by atoms with E-state index in [0.29, 0.717) is 29.4 Å². The standard InChI is InChI=1S/C22H19N5O2/c28-22(26-20-14-24-27-21(20)19-12-6-7-13-23-19)25-18-11-5-4-8-16(18)15-29-17-9-2-1-3-10-17/h1-14H,15H2,(H,24,27)(H2,25,26,28). The number of amides is 2. The van der Waals surface area contributed by atoms with Gasteiger partial charge in [0.2, 0.25) is 0 Å². The number of anilines is 2. The third-order valence-corrected chi connectivity index (χ3v) is 4.21. The summed E-state index contributed by atoms with van der Waals surface area (Å²) in [6.45, 7) is 0.339. The van der Waals surface area contributed by atoms with Crippen molar-refractivity contribution in [1.82, 2.24) is 15.2 Å². The van der Waals surface area contributed by atoms with Crippen LogP contribution in [0.1, 0.15) is 5.56 Å². The zero-order valence-corrected chi connectivity index (χ0v) is 15.5. The monoisotopic (exact) mass is 385 g/mol. The van der Waals surface area contributed by atoms with Crippen molar-refractivity contribution in [3.05, 3.63) is 90.8 Å². The topological polar surface area (TPSA) is 91.9 Å². The highest BCUT2D eigenvalue weighted by molar-refractivity contribution is 6.02. The van der Waals surface area contributed by atoms with Gasteiger partial charge in [0.1, 0.15) is 18.1 Å². The first-order valence-corrected chi connectivity index (χ1v) is 9.08. The van der Waals surface area contributed by atoms with E-state index in [4.69, 9.17) is 4.74 Å². The van der Waals surface area contributed by atoms with E-state index >= 15 is 0 Å². The van der Waals surface area contributed by atoms with Crippen LogP contribution in [0.5, 0.6) is 5.75 Å². The number of nitrogens with one attached hydrogen (secondary N) is 3. The molecule has 0 atom stereocenters. The molecule has 0 aliphatic carbocycles. The first kappa shape index (κ1) is 18.2. The number of benzene rings is 2. The normalized spacial score (nSPS) is 10.3. The predicted molar refractivity (Wildman–Crippen MR) is 112 cm³/mol. The fourth-order valence-corrected chi connectivity index (χ4v) is 2.81. The van der Waals surface area contributed by atoms with Gasteiger partial charge in [-0.25, -0.2) is 4.79 Å². The molecule has 0 aliphatic heterocycles. The summed E-state index contributed by atoms with van der Waals surface area (Å²) in [4.78, 5) is 16.8. The molecule has 0 radical (unpaired) electrons. The number of ether oxygens (including phenoxy) is 1. The van der Waals surface area contributed by atoms with Crippen molar-refractivity contribution in [2.75, 3.05) is 10.6 Å². The van der Waals surface area contributed by atoms with Crippen LogP contribution in [0.3, 0.4) is 0 Å². The van der Waals surface area contributed by atoms with Gasteiger partial charge in [-0.3, -0.25) is 10.1 Å². The predicted octanol–water partition coefficient (Wildman–Crippen LogP) is 4.69. The van der Waals surface area contributed by atoms with Gasteiger partial charge >= 0.3 is 6.03 Å². The number of hydrogen-bond donors (Lipinski definition) is 3. The van der Waals surface area contributed by atoms with E-state index in [2.05, 4.69) is 25.8 Å². The maximum Gasteiger partial charge on any atom is 0.323 e. The lowest BCUT2D eigenvalue weighted by molar-refractivity contribution is 0.262. The third kappa shape index (κ3) is 4.59. The van der Waals surface area contributed by atoms with Crippen molar-refractivity contribution in [2.24, 2.45) is 0 Å². The summed E-state index contributed by atoms with van der Waals surface area (Å²) in [5, 5.41) is 12.6. The zero-order chi connectivity index (χ0) is 19.9. The first-order chi connectivity index (χ1) is 14.3. The molecule has 4 rings (SSSR count). The van der Waals surface area contributed by atoms with Crippen molar-refractivity contribution in [1.29, 1.82) is 0 Å². The van der Waals surface area contributed by atoms with Gasteiger partial charge in [-0.05, 0) is 30.3 Å². The van der Waals surface area contributed by atoms with Crippen LogP contribution < -0.4 is 15.4 Å². The summed E-state index contributed by atoms with van der Waals surface area (Å²) in [5.74, 6) is 0.769. The largest absolute Gasteiger partial charge is 0.489 e. The molecule has 0 spiro atoms. The van der Waals surface area contributed by atoms with E-state index in [9.17, 15) is 4.79 Å². The first-order valence-electron chi connectivity index (χ1n) is 9.08. The quantitative estimate of drug-likeness (QED) is 0.449. The highest BCUT2D eigenvalue weighted by atomic mass is 16.5. The number of carbonyl (C=O) groups is 1. The molecule has 7 heteroatoms. The minimum Gasteiger partial charge on any atom is -0.489 e. The number of hydrogen-bond acceptors (Lipinski definition) is 4. The second kappa shape index (κ2) is 8.71. The molecular formula is C22H19N5O2. The van der Waals surface area contributed by atoms with Crippen LogP contribution in [-0.2, 0) is 6.61 Å². The SMILES string of the molecule is O=C(Nc1ccccc1COc1ccccc1)Nc1cn[nH]c1-c1ccccn1. The molecule has 0 fully saturated rings. The maximum atomic E-state index is 12.6. The molecule has 29 heavy (non-hydrogen) atoms. The van der Waals surface area contributed by atoms with Crippen LogP contribution in [0.15, 0.2) is 85.2 Å². The molecule has 4 aromatic rings. The van der Waals surface area contributed by atoms with Gasteiger partial charge in [0.05, 0.1) is 17.6 Å². The Morgan fingerprint density at radius 2 is 1.66 bits per heavy atom. The van der Waals surface area contributed by atoms with Crippen molar-refractivity contribution >= 4 is 17.4 Å². The highest BCUT2D eigenvalue weighted by Gasteiger charge is 2.13. The summed E-state index contributed by atoms with van der Waals surface area (Å²) >= 11 is 0.